The average molecular weight is 282 g/mol. The molecule has 20 heavy (non-hydrogen) atoms. The number of carbonyl (C=O) groups is 2. The molecule has 3 atom stereocenters. The minimum atomic E-state index is -0.865. The molecule has 0 bridgehead atoms. The zero-order valence-electron chi connectivity index (χ0n) is 12.5. The summed E-state index contributed by atoms with van der Waals surface area (Å²) in [5.74, 6) is -0.470. The number of likely N-dealkylation sites (tertiary alicyclic amines) is 1. The van der Waals surface area contributed by atoms with Crippen LogP contribution in [0.4, 0.5) is 0 Å². The first kappa shape index (κ1) is 15.3. The monoisotopic (exact) mass is 282 g/mol. The Kier molecular flexibility index (Phi) is 4.68. The van der Waals surface area contributed by atoms with Crippen molar-refractivity contribution >= 4 is 11.9 Å². The highest BCUT2D eigenvalue weighted by molar-refractivity contribution is 5.90. The largest absolute Gasteiger partial charge is 0.480 e. The third-order valence-electron chi connectivity index (χ3n) is 4.93. The van der Waals surface area contributed by atoms with E-state index in [1.54, 1.807) is 4.90 Å². The van der Waals surface area contributed by atoms with Crippen LogP contribution in [0.5, 0.6) is 0 Å². The zero-order valence-corrected chi connectivity index (χ0v) is 12.5. The molecule has 3 unspecified atom stereocenters. The standard InChI is InChI=1S/C15H26N2O3/c1-3-11-6-9-17(12(10-11)13(18)19)14(20)15(2)7-4-5-8-16-15/h11-12,16H,3-10H2,1-2H3,(H,18,19). The van der Waals surface area contributed by atoms with E-state index in [0.717, 1.165) is 38.6 Å². The molecule has 2 aliphatic heterocycles. The molecular formula is C15H26N2O3. The second-order valence-corrected chi connectivity index (χ2v) is 6.37. The fourth-order valence-corrected chi connectivity index (χ4v) is 3.44. The molecule has 2 heterocycles. The predicted molar refractivity (Wildman–Crippen MR) is 76.4 cm³/mol. The Morgan fingerprint density at radius 3 is 2.70 bits per heavy atom. The van der Waals surface area contributed by atoms with Crippen molar-refractivity contribution in [2.24, 2.45) is 5.92 Å². The third kappa shape index (κ3) is 2.97. The number of hydrogen-bond donors (Lipinski definition) is 2. The Morgan fingerprint density at radius 2 is 2.15 bits per heavy atom. The molecule has 0 aromatic heterocycles. The summed E-state index contributed by atoms with van der Waals surface area (Å²) < 4.78 is 0. The molecule has 2 fully saturated rings. The van der Waals surface area contributed by atoms with Gasteiger partial charge in [-0.15, -0.1) is 0 Å². The van der Waals surface area contributed by atoms with Crippen LogP contribution in [0.3, 0.4) is 0 Å². The molecule has 0 aromatic rings. The van der Waals surface area contributed by atoms with Crippen molar-refractivity contribution < 1.29 is 14.7 Å². The summed E-state index contributed by atoms with van der Waals surface area (Å²) in [5.41, 5.74) is -0.578. The summed E-state index contributed by atoms with van der Waals surface area (Å²) in [6.45, 7) is 5.42. The van der Waals surface area contributed by atoms with Gasteiger partial charge in [0, 0.05) is 6.54 Å². The normalized spacial score (nSPS) is 34.8. The lowest BCUT2D eigenvalue weighted by Crippen LogP contribution is -2.62. The Hall–Kier alpha value is -1.10. The molecule has 2 N–H and O–H groups in total. The van der Waals surface area contributed by atoms with Gasteiger partial charge in [0.2, 0.25) is 5.91 Å². The van der Waals surface area contributed by atoms with Gasteiger partial charge < -0.3 is 15.3 Å². The van der Waals surface area contributed by atoms with Crippen molar-refractivity contribution in [3.05, 3.63) is 0 Å². The number of nitrogens with zero attached hydrogens (tertiary/aromatic N) is 1. The minimum Gasteiger partial charge on any atom is -0.480 e. The minimum absolute atomic E-state index is 0.0286. The van der Waals surface area contributed by atoms with Gasteiger partial charge in [0.05, 0.1) is 5.54 Å². The number of amides is 1. The smallest absolute Gasteiger partial charge is 0.326 e. The summed E-state index contributed by atoms with van der Waals surface area (Å²) in [4.78, 5) is 25.9. The van der Waals surface area contributed by atoms with Crippen molar-refractivity contribution in [3.8, 4) is 0 Å². The van der Waals surface area contributed by atoms with Crippen molar-refractivity contribution in [2.75, 3.05) is 13.1 Å². The van der Waals surface area contributed by atoms with Crippen LogP contribution >= 0.6 is 0 Å². The van der Waals surface area contributed by atoms with Gasteiger partial charge in [-0.05, 0) is 51.5 Å². The van der Waals surface area contributed by atoms with E-state index < -0.39 is 17.6 Å². The van der Waals surface area contributed by atoms with Crippen LogP contribution in [-0.4, -0.2) is 46.6 Å². The van der Waals surface area contributed by atoms with Gasteiger partial charge in [-0.1, -0.05) is 13.3 Å². The van der Waals surface area contributed by atoms with Crippen molar-refractivity contribution in [3.63, 3.8) is 0 Å². The fourth-order valence-electron chi connectivity index (χ4n) is 3.44. The van der Waals surface area contributed by atoms with E-state index in [4.69, 9.17) is 0 Å². The number of rotatable bonds is 3. The molecule has 0 radical (unpaired) electrons. The molecule has 0 aromatic carbocycles. The average Bonchev–Trinajstić information content (AvgIpc) is 2.46. The fraction of sp³-hybridized carbons (Fsp3) is 0.867. The predicted octanol–water partition coefficient (Wildman–Crippen LogP) is 1.62. The van der Waals surface area contributed by atoms with Crippen LogP contribution in [0.1, 0.15) is 52.4 Å². The molecule has 2 aliphatic rings. The lowest BCUT2D eigenvalue weighted by atomic mass is 9.84. The highest BCUT2D eigenvalue weighted by Gasteiger charge is 2.43. The Bertz CT molecular complexity index is 377. The summed E-state index contributed by atoms with van der Waals surface area (Å²) in [5, 5.41) is 12.7. The maximum atomic E-state index is 12.8. The number of hydrogen-bond acceptors (Lipinski definition) is 3. The molecule has 5 nitrogen and oxygen atoms in total. The molecule has 0 spiro atoms. The molecule has 114 valence electrons. The summed E-state index contributed by atoms with van der Waals surface area (Å²) in [6, 6.07) is -0.651. The molecular weight excluding hydrogens is 256 g/mol. The van der Waals surface area contributed by atoms with E-state index in [0.29, 0.717) is 18.9 Å². The van der Waals surface area contributed by atoms with Crippen molar-refractivity contribution in [1.82, 2.24) is 10.2 Å². The maximum absolute atomic E-state index is 12.8. The lowest BCUT2D eigenvalue weighted by molar-refractivity contribution is -0.156. The topological polar surface area (TPSA) is 69.6 Å². The number of nitrogens with one attached hydrogen (secondary N) is 1. The maximum Gasteiger partial charge on any atom is 0.326 e. The molecule has 1 amide bonds. The number of aliphatic carboxylic acids is 1. The van der Waals surface area contributed by atoms with Crippen molar-refractivity contribution in [1.29, 1.82) is 0 Å². The Labute approximate surface area is 120 Å². The SMILES string of the molecule is CCC1CCN(C(=O)C2(C)CCCCN2)C(C(=O)O)C1. The number of carbonyl (C=O) groups excluding carboxylic acids is 1. The molecule has 5 heteroatoms. The van der Waals surface area contributed by atoms with Crippen LogP contribution < -0.4 is 5.32 Å². The number of carboxylic acid groups (broad SMARTS) is 1. The van der Waals surface area contributed by atoms with Crippen molar-refractivity contribution in [2.45, 2.75) is 64.0 Å². The third-order valence-corrected chi connectivity index (χ3v) is 4.93. The molecule has 2 rings (SSSR count). The molecule has 2 saturated heterocycles. The van der Waals surface area contributed by atoms with E-state index in [-0.39, 0.29) is 5.91 Å². The number of piperidine rings is 2. The number of carboxylic acids is 1. The van der Waals surface area contributed by atoms with Gasteiger partial charge in [-0.25, -0.2) is 4.79 Å². The van der Waals surface area contributed by atoms with Crippen LogP contribution in [0.15, 0.2) is 0 Å². The molecule has 0 aliphatic carbocycles. The Balaban J connectivity index is 2.12. The van der Waals surface area contributed by atoms with E-state index >= 15 is 0 Å². The van der Waals surface area contributed by atoms with Crippen LogP contribution in [-0.2, 0) is 9.59 Å². The summed E-state index contributed by atoms with van der Waals surface area (Å²) >= 11 is 0. The first-order chi connectivity index (χ1) is 9.48. The highest BCUT2D eigenvalue weighted by Crippen LogP contribution is 2.29. The van der Waals surface area contributed by atoms with Gasteiger partial charge >= 0.3 is 5.97 Å². The summed E-state index contributed by atoms with van der Waals surface area (Å²) in [7, 11) is 0. The second kappa shape index (κ2) is 6.12. The van der Waals surface area contributed by atoms with Crippen LogP contribution in [0.25, 0.3) is 0 Å². The first-order valence-electron chi connectivity index (χ1n) is 7.77. The van der Waals surface area contributed by atoms with Gasteiger partial charge in [0.15, 0.2) is 0 Å². The molecule has 0 saturated carbocycles. The zero-order chi connectivity index (χ0) is 14.8. The van der Waals surface area contributed by atoms with Gasteiger partial charge in [-0.3, -0.25) is 4.79 Å². The highest BCUT2D eigenvalue weighted by atomic mass is 16.4. The van der Waals surface area contributed by atoms with Gasteiger partial charge in [-0.2, -0.15) is 0 Å². The lowest BCUT2D eigenvalue weighted by Gasteiger charge is -2.43. The summed E-state index contributed by atoms with van der Waals surface area (Å²) in [6.07, 6.45) is 5.41. The van der Waals surface area contributed by atoms with Gasteiger partial charge in [0.1, 0.15) is 6.04 Å². The van der Waals surface area contributed by atoms with Crippen LogP contribution in [0, 0.1) is 5.92 Å². The Morgan fingerprint density at radius 1 is 1.40 bits per heavy atom. The van der Waals surface area contributed by atoms with E-state index in [9.17, 15) is 14.7 Å². The van der Waals surface area contributed by atoms with Gasteiger partial charge in [0.25, 0.3) is 0 Å². The van der Waals surface area contributed by atoms with E-state index in [1.165, 1.54) is 0 Å². The quantitative estimate of drug-likeness (QED) is 0.825. The van der Waals surface area contributed by atoms with E-state index in [2.05, 4.69) is 12.2 Å². The van der Waals surface area contributed by atoms with E-state index in [1.807, 2.05) is 6.92 Å². The second-order valence-electron chi connectivity index (χ2n) is 6.37. The van der Waals surface area contributed by atoms with Crippen LogP contribution in [0.2, 0.25) is 0 Å². The first-order valence-corrected chi connectivity index (χ1v) is 7.77.